The molecule has 104 valence electrons. The molecule has 20 heavy (non-hydrogen) atoms. The predicted molar refractivity (Wildman–Crippen MR) is 88.8 cm³/mol. The van der Waals surface area contributed by atoms with E-state index >= 15 is 0 Å². The van der Waals surface area contributed by atoms with Gasteiger partial charge in [0.2, 0.25) is 0 Å². The minimum atomic E-state index is -1.13. The monoisotopic (exact) mass is 344 g/mol. The van der Waals surface area contributed by atoms with Crippen molar-refractivity contribution in [2.75, 3.05) is 0 Å². The molecule has 0 fully saturated rings. The molecule has 0 aliphatic carbocycles. The molecule has 0 spiro atoms. The molecule has 0 bridgehead atoms. The van der Waals surface area contributed by atoms with Gasteiger partial charge in [0.05, 0.1) is 0 Å². The fourth-order valence-electron chi connectivity index (χ4n) is 1.57. The van der Waals surface area contributed by atoms with Gasteiger partial charge < -0.3 is 4.55 Å². The summed E-state index contributed by atoms with van der Waals surface area (Å²) in [6, 6.07) is 12.5. The zero-order chi connectivity index (χ0) is 14.5. The van der Waals surface area contributed by atoms with Gasteiger partial charge in [0.1, 0.15) is 11.2 Å². The second-order valence-corrected chi connectivity index (χ2v) is 6.72. The summed E-state index contributed by atoms with van der Waals surface area (Å²) in [4.78, 5) is 0. The number of rotatable bonds is 4. The van der Waals surface area contributed by atoms with Crippen molar-refractivity contribution in [1.29, 1.82) is 0 Å². The average Bonchev–Trinajstić information content (AvgIpc) is 2.41. The Morgan fingerprint density at radius 2 is 1.60 bits per heavy atom. The fraction of sp³-hybridized carbons (Fsp3) is 0.0667. The third kappa shape index (κ3) is 4.72. The van der Waals surface area contributed by atoms with Crippen molar-refractivity contribution in [3.8, 4) is 0 Å². The highest BCUT2D eigenvalue weighted by Gasteiger charge is 2.08. The van der Waals surface area contributed by atoms with E-state index in [0.717, 1.165) is 11.1 Å². The summed E-state index contributed by atoms with van der Waals surface area (Å²) in [6.45, 7) is 0. The maximum absolute atomic E-state index is 12.0. The summed E-state index contributed by atoms with van der Waals surface area (Å²) in [5, 5.41) is 3.43. The molecule has 2 aromatic carbocycles. The molecule has 0 radical (unpaired) electrons. The number of hydrogen-bond acceptors (Lipinski definition) is 1. The van der Waals surface area contributed by atoms with Crippen LogP contribution in [0.4, 0.5) is 0 Å². The van der Waals surface area contributed by atoms with Crippen LogP contribution in [0.5, 0.6) is 0 Å². The van der Waals surface area contributed by atoms with Gasteiger partial charge in [-0.2, -0.15) is 0 Å². The van der Waals surface area contributed by atoms with Gasteiger partial charge in [-0.05, 0) is 47.1 Å². The van der Waals surface area contributed by atoms with E-state index in [2.05, 4.69) is 0 Å². The van der Waals surface area contributed by atoms with Gasteiger partial charge in [-0.15, -0.1) is 0 Å². The van der Waals surface area contributed by atoms with Gasteiger partial charge in [-0.3, -0.25) is 0 Å². The molecule has 0 aliphatic heterocycles. The lowest BCUT2D eigenvalue weighted by Gasteiger charge is -2.07. The topological polar surface area (TPSA) is 23.1 Å². The average molecular weight is 346 g/mol. The Labute approximate surface area is 136 Å². The molecule has 0 saturated heterocycles. The van der Waals surface area contributed by atoms with Crippen LogP contribution in [0, 0.1) is 0 Å². The molecule has 0 aliphatic rings. The summed E-state index contributed by atoms with van der Waals surface area (Å²) in [6.07, 6.45) is 1.80. The van der Waals surface area contributed by atoms with Crippen LogP contribution in [0.3, 0.4) is 0 Å². The summed E-state index contributed by atoms with van der Waals surface area (Å²) in [5.41, 5.74) is 1.76. The molecule has 0 aromatic heterocycles. The molecule has 1 atom stereocenters. The van der Waals surface area contributed by atoms with E-state index in [-0.39, 0.29) is 0 Å². The molecule has 0 saturated carbocycles. The maximum atomic E-state index is 12.0. The predicted octanol–water partition coefficient (Wildman–Crippen LogP) is 5.57. The van der Waals surface area contributed by atoms with Crippen molar-refractivity contribution in [2.45, 2.75) is 5.75 Å². The highest BCUT2D eigenvalue weighted by Crippen LogP contribution is 2.23. The van der Waals surface area contributed by atoms with E-state index in [4.69, 9.17) is 34.8 Å². The Bertz CT molecular complexity index is 611. The number of benzene rings is 2. The zero-order valence-electron chi connectivity index (χ0n) is 10.4. The maximum Gasteiger partial charge on any atom is 0.137 e. The Morgan fingerprint density at radius 3 is 2.25 bits per heavy atom. The lowest BCUT2D eigenvalue weighted by atomic mass is 10.2. The summed E-state index contributed by atoms with van der Waals surface area (Å²) < 4.78 is 12.0. The van der Waals surface area contributed by atoms with Crippen LogP contribution in [0.25, 0.3) is 6.08 Å². The van der Waals surface area contributed by atoms with E-state index in [1.54, 1.807) is 41.8 Å². The SMILES string of the molecule is [O-][S+](/C=C/c1ccc(Cl)cc1)Cc1ccc(Cl)cc1Cl. The minimum absolute atomic E-state index is 0.361. The third-order valence-electron chi connectivity index (χ3n) is 2.60. The van der Waals surface area contributed by atoms with Crippen molar-refractivity contribution in [1.82, 2.24) is 0 Å². The van der Waals surface area contributed by atoms with Crippen molar-refractivity contribution in [2.24, 2.45) is 0 Å². The Balaban J connectivity index is 2.01. The highest BCUT2D eigenvalue weighted by molar-refractivity contribution is 7.93. The van der Waals surface area contributed by atoms with E-state index in [1.807, 2.05) is 12.1 Å². The molecular formula is C15H11Cl3OS. The van der Waals surface area contributed by atoms with Crippen LogP contribution in [-0.2, 0) is 16.9 Å². The molecule has 1 unspecified atom stereocenters. The third-order valence-corrected chi connectivity index (χ3v) is 4.47. The number of hydrogen-bond donors (Lipinski definition) is 0. The first-order valence-corrected chi connectivity index (χ1v) is 8.31. The summed E-state index contributed by atoms with van der Waals surface area (Å²) >= 11 is 16.5. The lowest BCUT2D eigenvalue weighted by Crippen LogP contribution is -2.00. The fourth-order valence-corrected chi connectivity index (χ4v) is 3.21. The van der Waals surface area contributed by atoms with E-state index in [9.17, 15) is 4.55 Å². The smallest absolute Gasteiger partial charge is 0.137 e. The normalized spacial score (nSPS) is 12.8. The van der Waals surface area contributed by atoms with Crippen molar-refractivity contribution in [3.05, 3.63) is 74.1 Å². The first kappa shape index (κ1) is 15.7. The Morgan fingerprint density at radius 1 is 0.950 bits per heavy atom. The van der Waals surface area contributed by atoms with Crippen molar-refractivity contribution < 1.29 is 4.55 Å². The molecule has 1 nitrogen and oxygen atoms in total. The molecule has 0 heterocycles. The second-order valence-electron chi connectivity index (χ2n) is 4.12. The molecule has 5 heteroatoms. The van der Waals surface area contributed by atoms with E-state index in [1.165, 1.54) is 0 Å². The minimum Gasteiger partial charge on any atom is -0.612 e. The first-order valence-electron chi connectivity index (χ1n) is 5.79. The summed E-state index contributed by atoms with van der Waals surface area (Å²) in [5.74, 6) is 0.361. The van der Waals surface area contributed by atoms with Gasteiger partial charge in [0, 0.05) is 20.6 Å². The van der Waals surface area contributed by atoms with Crippen LogP contribution < -0.4 is 0 Å². The Hall–Kier alpha value is -0.640. The first-order chi connectivity index (χ1) is 9.54. The number of halogens is 3. The summed E-state index contributed by atoms with van der Waals surface area (Å²) in [7, 11) is 0. The zero-order valence-corrected chi connectivity index (χ0v) is 13.4. The second kappa shape index (κ2) is 7.39. The van der Waals surface area contributed by atoms with Crippen LogP contribution in [0.15, 0.2) is 47.9 Å². The molecule has 0 N–H and O–H groups in total. The van der Waals surface area contributed by atoms with Gasteiger partial charge in [-0.25, -0.2) is 0 Å². The van der Waals surface area contributed by atoms with Crippen LogP contribution in [0.1, 0.15) is 11.1 Å². The molecule has 2 rings (SSSR count). The van der Waals surface area contributed by atoms with Crippen molar-refractivity contribution >= 4 is 52.1 Å². The quantitative estimate of drug-likeness (QED) is 0.665. The van der Waals surface area contributed by atoms with Crippen LogP contribution in [-0.4, -0.2) is 4.55 Å². The van der Waals surface area contributed by atoms with Crippen LogP contribution >= 0.6 is 34.8 Å². The highest BCUT2D eigenvalue weighted by atomic mass is 35.5. The van der Waals surface area contributed by atoms with Gasteiger partial charge in [0.15, 0.2) is 0 Å². The van der Waals surface area contributed by atoms with Crippen molar-refractivity contribution in [3.63, 3.8) is 0 Å². The van der Waals surface area contributed by atoms with E-state index < -0.39 is 11.2 Å². The van der Waals surface area contributed by atoms with Gasteiger partial charge in [0.25, 0.3) is 0 Å². The van der Waals surface area contributed by atoms with E-state index in [0.29, 0.717) is 20.8 Å². The lowest BCUT2D eigenvalue weighted by molar-refractivity contribution is 0.603. The standard InChI is InChI=1S/C15H11Cl3OS/c16-13-4-1-11(2-5-13)7-8-20(19)10-12-3-6-14(17)9-15(12)18/h1-9H,10H2/b8-7+. The molecular weight excluding hydrogens is 335 g/mol. The largest absolute Gasteiger partial charge is 0.612 e. The molecule has 2 aromatic rings. The van der Waals surface area contributed by atoms with Gasteiger partial charge >= 0.3 is 0 Å². The Kier molecular flexibility index (Phi) is 5.82. The van der Waals surface area contributed by atoms with Crippen LogP contribution in [0.2, 0.25) is 15.1 Å². The van der Waals surface area contributed by atoms with Gasteiger partial charge in [-0.1, -0.05) is 53.0 Å². The molecule has 0 amide bonds.